The van der Waals surface area contributed by atoms with Crippen molar-refractivity contribution in [2.24, 2.45) is 11.7 Å². The first-order valence-corrected chi connectivity index (χ1v) is 7.41. The molecular formula is C18H22N2O2. The third kappa shape index (κ3) is 4.60. The van der Waals surface area contributed by atoms with Gasteiger partial charge in [0, 0.05) is 23.9 Å². The fourth-order valence-electron chi connectivity index (χ4n) is 1.92. The van der Waals surface area contributed by atoms with Crippen LogP contribution in [0.15, 0.2) is 48.5 Å². The smallest absolute Gasteiger partial charge is 0.255 e. The van der Waals surface area contributed by atoms with Gasteiger partial charge in [-0.25, -0.2) is 0 Å². The molecule has 0 saturated heterocycles. The molecule has 0 aliphatic heterocycles. The minimum atomic E-state index is -0.149. The molecule has 1 amide bonds. The average molecular weight is 298 g/mol. The van der Waals surface area contributed by atoms with Crippen molar-refractivity contribution < 1.29 is 9.53 Å². The van der Waals surface area contributed by atoms with Gasteiger partial charge in [-0.15, -0.1) is 0 Å². The van der Waals surface area contributed by atoms with Crippen LogP contribution in [0.2, 0.25) is 0 Å². The first-order valence-electron chi connectivity index (χ1n) is 7.41. The van der Waals surface area contributed by atoms with Crippen LogP contribution in [0, 0.1) is 5.92 Å². The molecule has 0 saturated carbocycles. The van der Waals surface area contributed by atoms with Crippen molar-refractivity contribution >= 4 is 11.6 Å². The van der Waals surface area contributed by atoms with E-state index in [2.05, 4.69) is 19.2 Å². The van der Waals surface area contributed by atoms with Gasteiger partial charge >= 0.3 is 0 Å². The Morgan fingerprint density at radius 2 is 1.91 bits per heavy atom. The zero-order valence-electron chi connectivity index (χ0n) is 13.0. The predicted molar refractivity (Wildman–Crippen MR) is 89.1 cm³/mol. The third-order valence-corrected chi connectivity index (χ3v) is 3.13. The standard InChI is InChI=1S/C18H22N2O2/c1-13(2)12-22-17-5-3-4-16(10-17)20-18(21)15-8-6-14(11-19)7-9-15/h3-10,13H,11-12,19H2,1-2H3,(H,20,21). The second kappa shape index (κ2) is 7.61. The molecule has 0 unspecified atom stereocenters. The summed E-state index contributed by atoms with van der Waals surface area (Å²) >= 11 is 0. The Morgan fingerprint density at radius 3 is 2.55 bits per heavy atom. The normalized spacial score (nSPS) is 10.5. The fraction of sp³-hybridized carbons (Fsp3) is 0.278. The van der Waals surface area contributed by atoms with Crippen LogP contribution in [0.3, 0.4) is 0 Å². The van der Waals surface area contributed by atoms with Gasteiger partial charge < -0.3 is 15.8 Å². The number of anilines is 1. The van der Waals surface area contributed by atoms with Gasteiger partial charge in [0.1, 0.15) is 5.75 Å². The topological polar surface area (TPSA) is 64.3 Å². The number of ether oxygens (including phenoxy) is 1. The number of nitrogens with two attached hydrogens (primary N) is 1. The molecule has 2 aromatic rings. The molecule has 116 valence electrons. The van der Waals surface area contributed by atoms with E-state index in [0.29, 0.717) is 30.3 Å². The van der Waals surface area contributed by atoms with Crippen molar-refractivity contribution in [2.75, 3.05) is 11.9 Å². The summed E-state index contributed by atoms with van der Waals surface area (Å²) in [5.74, 6) is 1.06. The molecule has 0 fully saturated rings. The van der Waals surface area contributed by atoms with Gasteiger partial charge in [-0.2, -0.15) is 0 Å². The minimum absolute atomic E-state index is 0.149. The Labute approximate surface area is 131 Å². The van der Waals surface area contributed by atoms with E-state index in [1.807, 2.05) is 36.4 Å². The molecule has 0 aromatic heterocycles. The second-order valence-electron chi connectivity index (χ2n) is 5.59. The van der Waals surface area contributed by atoms with Crippen LogP contribution in [0.1, 0.15) is 29.8 Å². The van der Waals surface area contributed by atoms with Crippen LogP contribution in [0.4, 0.5) is 5.69 Å². The summed E-state index contributed by atoms with van der Waals surface area (Å²) in [6, 6.07) is 14.7. The number of rotatable bonds is 6. The number of nitrogens with one attached hydrogen (secondary N) is 1. The molecule has 2 aromatic carbocycles. The van der Waals surface area contributed by atoms with E-state index in [1.165, 1.54) is 0 Å². The first-order chi connectivity index (χ1) is 10.6. The van der Waals surface area contributed by atoms with Crippen molar-refractivity contribution in [1.29, 1.82) is 0 Å². The lowest BCUT2D eigenvalue weighted by molar-refractivity contribution is 0.102. The second-order valence-corrected chi connectivity index (χ2v) is 5.59. The Morgan fingerprint density at radius 1 is 1.18 bits per heavy atom. The van der Waals surface area contributed by atoms with E-state index in [-0.39, 0.29) is 5.91 Å². The lowest BCUT2D eigenvalue weighted by Crippen LogP contribution is -2.12. The van der Waals surface area contributed by atoms with Crippen LogP contribution in [-0.4, -0.2) is 12.5 Å². The maximum Gasteiger partial charge on any atom is 0.255 e. The van der Waals surface area contributed by atoms with Crippen LogP contribution >= 0.6 is 0 Å². The van der Waals surface area contributed by atoms with Crippen molar-refractivity contribution in [1.82, 2.24) is 0 Å². The van der Waals surface area contributed by atoms with Crippen LogP contribution in [-0.2, 0) is 6.54 Å². The summed E-state index contributed by atoms with van der Waals surface area (Å²) in [5, 5.41) is 2.87. The number of hydrogen-bond donors (Lipinski definition) is 2. The third-order valence-electron chi connectivity index (χ3n) is 3.13. The van der Waals surface area contributed by atoms with Gasteiger partial charge in [0.15, 0.2) is 0 Å². The molecule has 3 N–H and O–H groups in total. The van der Waals surface area contributed by atoms with Gasteiger partial charge in [0.25, 0.3) is 5.91 Å². The number of amides is 1. The number of carbonyl (C=O) groups excluding carboxylic acids is 1. The van der Waals surface area contributed by atoms with Crippen molar-refractivity contribution in [2.45, 2.75) is 20.4 Å². The minimum Gasteiger partial charge on any atom is -0.493 e. The molecule has 0 bridgehead atoms. The van der Waals surface area contributed by atoms with E-state index in [9.17, 15) is 4.79 Å². The maximum atomic E-state index is 12.2. The summed E-state index contributed by atoms with van der Waals surface area (Å²) in [6.07, 6.45) is 0. The Kier molecular flexibility index (Phi) is 5.55. The van der Waals surface area contributed by atoms with Crippen LogP contribution < -0.4 is 15.8 Å². The lowest BCUT2D eigenvalue weighted by Gasteiger charge is -2.11. The zero-order chi connectivity index (χ0) is 15.9. The van der Waals surface area contributed by atoms with Gasteiger partial charge in [-0.3, -0.25) is 4.79 Å². The molecule has 0 atom stereocenters. The Bertz CT molecular complexity index is 621. The highest BCUT2D eigenvalue weighted by Gasteiger charge is 2.07. The average Bonchev–Trinajstić information content (AvgIpc) is 2.53. The van der Waals surface area contributed by atoms with Crippen molar-refractivity contribution in [3.63, 3.8) is 0 Å². The predicted octanol–water partition coefficient (Wildman–Crippen LogP) is 3.43. The molecular weight excluding hydrogens is 276 g/mol. The highest BCUT2D eigenvalue weighted by atomic mass is 16.5. The Balaban J connectivity index is 2.02. The maximum absolute atomic E-state index is 12.2. The van der Waals surface area contributed by atoms with E-state index >= 15 is 0 Å². The van der Waals surface area contributed by atoms with E-state index in [0.717, 1.165) is 11.3 Å². The number of hydrogen-bond acceptors (Lipinski definition) is 3. The molecule has 0 heterocycles. The summed E-state index contributed by atoms with van der Waals surface area (Å²) in [7, 11) is 0. The lowest BCUT2D eigenvalue weighted by atomic mass is 10.1. The van der Waals surface area contributed by atoms with Crippen LogP contribution in [0.5, 0.6) is 5.75 Å². The number of carbonyl (C=O) groups is 1. The fourth-order valence-corrected chi connectivity index (χ4v) is 1.92. The SMILES string of the molecule is CC(C)COc1cccc(NC(=O)c2ccc(CN)cc2)c1. The largest absolute Gasteiger partial charge is 0.493 e. The quantitative estimate of drug-likeness (QED) is 0.858. The van der Waals surface area contributed by atoms with E-state index < -0.39 is 0 Å². The highest BCUT2D eigenvalue weighted by molar-refractivity contribution is 6.04. The Hall–Kier alpha value is -2.33. The van der Waals surface area contributed by atoms with Crippen molar-refractivity contribution in [3.8, 4) is 5.75 Å². The molecule has 0 aliphatic carbocycles. The molecule has 0 radical (unpaired) electrons. The van der Waals surface area contributed by atoms with E-state index in [4.69, 9.17) is 10.5 Å². The van der Waals surface area contributed by atoms with Crippen LogP contribution in [0.25, 0.3) is 0 Å². The zero-order valence-corrected chi connectivity index (χ0v) is 13.0. The van der Waals surface area contributed by atoms with Gasteiger partial charge in [0.05, 0.1) is 6.61 Å². The van der Waals surface area contributed by atoms with Gasteiger partial charge in [-0.05, 0) is 35.7 Å². The summed E-state index contributed by atoms with van der Waals surface area (Å²) in [6.45, 7) is 5.31. The summed E-state index contributed by atoms with van der Waals surface area (Å²) in [5.41, 5.74) is 7.87. The summed E-state index contributed by atoms with van der Waals surface area (Å²) < 4.78 is 5.66. The molecule has 0 spiro atoms. The number of benzene rings is 2. The monoisotopic (exact) mass is 298 g/mol. The summed E-state index contributed by atoms with van der Waals surface area (Å²) in [4.78, 5) is 12.2. The van der Waals surface area contributed by atoms with E-state index in [1.54, 1.807) is 12.1 Å². The molecule has 4 nitrogen and oxygen atoms in total. The first kappa shape index (κ1) is 16.0. The van der Waals surface area contributed by atoms with Gasteiger partial charge in [-0.1, -0.05) is 32.0 Å². The highest BCUT2D eigenvalue weighted by Crippen LogP contribution is 2.19. The molecule has 22 heavy (non-hydrogen) atoms. The van der Waals surface area contributed by atoms with Gasteiger partial charge in [0.2, 0.25) is 0 Å². The van der Waals surface area contributed by atoms with Crippen molar-refractivity contribution in [3.05, 3.63) is 59.7 Å². The molecule has 4 heteroatoms. The molecule has 0 aliphatic rings. The molecule has 2 rings (SSSR count).